The first-order valence-corrected chi connectivity index (χ1v) is 8.88. The van der Waals surface area contributed by atoms with E-state index in [1.54, 1.807) is 12.1 Å². The number of anilines is 1. The van der Waals surface area contributed by atoms with Gasteiger partial charge in [0.05, 0.1) is 23.0 Å². The van der Waals surface area contributed by atoms with E-state index in [2.05, 4.69) is 13.8 Å². The highest BCUT2D eigenvalue weighted by molar-refractivity contribution is 6.30. The van der Waals surface area contributed by atoms with Gasteiger partial charge >= 0.3 is 0 Å². The first-order chi connectivity index (χ1) is 12.7. The lowest BCUT2D eigenvalue weighted by molar-refractivity contribution is -0.385. The molecule has 27 heavy (non-hydrogen) atoms. The van der Waals surface area contributed by atoms with E-state index in [9.17, 15) is 10.1 Å². The molecule has 0 bridgehead atoms. The van der Waals surface area contributed by atoms with Crippen LogP contribution in [0.25, 0.3) is 6.08 Å². The van der Waals surface area contributed by atoms with Crippen LogP contribution in [0.5, 0.6) is 11.5 Å². The Morgan fingerprint density at radius 3 is 2.67 bits per heavy atom. The van der Waals surface area contributed by atoms with Gasteiger partial charge in [-0.05, 0) is 55.8 Å². The van der Waals surface area contributed by atoms with Crippen LogP contribution in [0.3, 0.4) is 0 Å². The molecule has 2 heterocycles. The Morgan fingerprint density at radius 2 is 2.00 bits per heavy atom. The number of hydrogen-bond donors (Lipinski definition) is 0. The molecular formula is C20H19ClN2O4. The number of nitro groups is 1. The minimum absolute atomic E-state index is 0.0177. The van der Waals surface area contributed by atoms with Crippen LogP contribution in [0.1, 0.15) is 25.0 Å². The number of benzene rings is 2. The zero-order valence-corrected chi connectivity index (χ0v) is 16.2. The molecule has 140 valence electrons. The number of hydrogen-bond acceptors (Lipinski definition) is 5. The van der Waals surface area contributed by atoms with Crippen LogP contribution >= 0.6 is 11.6 Å². The van der Waals surface area contributed by atoms with Crippen molar-refractivity contribution in [1.82, 2.24) is 0 Å². The molecule has 2 aliphatic rings. The minimum atomic E-state index is -0.866. The normalized spacial score (nSPS) is 21.6. The zero-order chi connectivity index (χ0) is 19.6. The van der Waals surface area contributed by atoms with E-state index < -0.39 is 16.1 Å². The number of likely N-dealkylation sites (N-methyl/N-ethyl adjacent to an activating group) is 1. The summed E-state index contributed by atoms with van der Waals surface area (Å²) in [4.78, 5) is 13.1. The second-order valence-electron chi connectivity index (χ2n) is 7.26. The van der Waals surface area contributed by atoms with E-state index in [0.29, 0.717) is 22.1 Å². The molecule has 2 aliphatic heterocycles. The number of nitro benzene ring substituents is 1. The van der Waals surface area contributed by atoms with Gasteiger partial charge in [0.1, 0.15) is 0 Å². The minimum Gasteiger partial charge on any atom is -0.493 e. The van der Waals surface area contributed by atoms with Gasteiger partial charge in [-0.2, -0.15) is 0 Å². The molecule has 1 unspecified atom stereocenters. The van der Waals surface area contributed by atoms with Crippen molar-refractivity contribution in [3.8, 4) is 11.5 Å². The first kappa shape index (κ1) is 17.7. The maximum absolute atomic E-state index is 11.4. The Bertz CT molecular complexity index is 1000. The van der Waals surface area contributed by atoms with Gasteiger partial charge in [0.15, 0.2) is 11.5 Å². The average molecular weight is 387 g/mol. The van der Waals surface area contributed by atoms with Gasteiger partial charge < -0.3 is 14.4 Å². The van der Waals surface area contributed by atoms with Crippen molar-refractivity contribution in [2.75, 3.05) is 19.1 Å². The van der Waals surface area contributed by atoms with Crippen LogP contribution in [0, 0.1) is 10.1 Å². The van der Waals surface area contributed by atoms with Gasteiger partial charge in [0, 0.05) is 23.8 Å². The molecule has 0 amide bonds. The van der Waals surface area contributed by atoms with Crippen LogP contribution in [0.2, 0.25) is 5.02 Å². The first-order valence-electron chi connectivity index (χ1n) is 8.50. The highest BCUT2D eigenvalue weighted by atomic mass is 35.5. The summed E-state index contributed by atoms with van der Waals surface area (Å²) in [6.45, 7) is 4.15. The Hall–Kier alpha value is -2.73. The third-order valence-corrected chi connectivity index (χ3v) is 5.91. The summed E-state index contributed by atoms with van der Waals surface area (Å²) in [6, 6.07) is 8.75. The van der Waals surface area contributed by atoms with Crippen molar-refractivity contribution in [3.05, 3.63) is 62.7 Å². The van der Waals surface area contributed by atoms with Gasteiger partial charge in [-0.15, -0.1) is 0 Å². The summed E-state index contributed by atoms with van der Waals surface area (Å²) < 4.78 is 11.9. The fraction of sp³-hybridized carbons (Fsp3) is 0.300. The van der Waals surface area contributed by atoms with Crippen molar-refractivity contribution in [2.24, 2.45) is 0 Å². The van der Waals surface area contributed by atoms with Gasteiger partial charge in [0.2, 0.25) is 5.72 Å². The summed E-state index contributed by atoms with van der Waals surface area (Å²) in [6.07, 6.45) is 3.64. The lowest BCUT2D eigenvalue weighted by Gasteiger charge is -2.45. The number of nitrogens with zero attached hydrogens (tertiary/aromatic N) is 2. The lowest BCUT2D eigenvalue weighted by Crippen LogP contribution is -2.58. The Morgan fingerprint density at radius 1 is 1.26 bits per heavy atom. The van der Waals surface area contributed by atoms with Crippen LogP contribution < -0.4 is 14.4 Å². The highest BCUT2D eigenvalue weighted by Crippen LogP contribution is 2.56. The van der Waals surface area contributed by atoms with E-state index >= 15 is 0 Å². The fourth-order valence-electron chi connectivity index (χ4n) is 4.15. The van der Waals surface area contributed by atoms with Crippen LogP contribution in [-0.4, -0.2) is 24.8 Å². The van der Waals surface area contributed by atoms with Gasteiger partial charge in [0.25, 0.3) is 5.69 Å². The molecule has 0 saturated heterocycles. The molecule has 0 N–H and O–H groups in total. The smallest absolute Gasteiger partial charge is 0.280 e. The van der Waals surface area contributed by atoms with Crippen molar-refractivity contribution in [1.29, 1.82) is 0 Å². The molecule has 2 aromatic rings. The molecule has 2 aromatic carbocycles. The number of fused-ring (bicyclic) bond motifs is 2. The summed E-state index contributed by atoms with van der Waals surface area (Å²) in [5, 5.41) is 12.1. The molecular weight excluding hydrogens is 368 g/mol. The zero-order valence-electron chi connectivity index (χ0n) is 15.4. The van der Waals surface area contributed by atoms with E-state index in [0.717, 1.165) is 11.3 Å². The third kappa shape index (κ3) is 2.19. The fourth-order valence-corrected chi connectivity index (χ4v) is 4.32. The second kappa shape index (κ2) is 5.63. The molecule has 0 radical (unpaired) electrons. The van der Waals surface area contributed by atoms with Gasteiger partial charge in [-0.3, -0.25) is 10.1 Å². The van der Waals surface area contributed by atoms with E-state index in [4.69, 9.17) is 21.1 Å². The summed E-state index contributed by atoms with van der Waals surface area (Å²) in [5.74, 6) is 0.825. The van der Waals surface area contributed by atoms with Crippen molar-refractivity contribution in [2.45, 2.75) is 25.0 Å². The van der Waals surface area contributed by atoms with Gasteiger partial charge in [-0.25, -0.2) is 0 Å². The predicted molar refractivity (Wildman–Crippen MR) is 105 cm³/mol. The maximum atomic E-state index is 11.4. The van der Waals surface area contributed by atoms with E-state index in [-0.39, 0.29) is 5.69 Å². The summed E-state index contributed by atoms with van der Waals surface area (Å²) in [5.41, 5.74) is 1.11. The lowest BCUT2D eigenvalue weighted by atomic mass is 9.76. The standard InChI is InChI=1S/C20H19ClN2O4/c1-19(2)14-11-12(21)5-6-16(14)22(3)20(19)10-9-13-15(23(24)25)7-8-17(26-4)18(13)27-20/h5-11H,1-4H3. The van der Waals surface area contributed by atoms with Gasteiger partial charge in [-0.1, -0.05) is 11.6 Å². The predicted octanol–water partition coefficient (Wildman–Crippen LogP) is 4.79. The SMILES string of the molecule is COc1ccc([N+](=O)[O-])c2c1OC1(C=C2)N(C)c2ccc(Cl)cc2C1(C)C. The van der Waals surface area contributed by atoms with Crippen LogP contribution in [0.4, 0.5) is 11.4 Å². The highest BCUT2D eigenvalue weighted by Gasteiger charge is 2.58. The molecule has 0 saturated carbocycles. The Labute approximate surface area is 162 Å². The molecule has 6 nitrogen and oxygen atoms in total. The van der Waals surface area contributed by atoms with E-state index in [1.165, 1.54) is 13.2 Å². The van der Waals surface area contributed by atoms with Crippen LogP contribution in [-0.2, 0) is 5.41 Å². The van der Waals surface area contributed by atoms with E-state index in [1.807, 2.05) is 36.2 Å². The third-order valence-electron chi connectivity index (χ3n) is 5.67. The molecule has 0 aliphatic carbocycles. The largest absolute Gasteiger partial charge is 0.493 e. The van der Waals surface area contributed by atoms with Crippen molar-refractivity contribution in [3.63, 3.8) is 0 Å². The van der Waals surface area contributed by atoms with Crippen molar-refractivity contribution < 1.29 is 14.4 Å². The molecule has 1 spiro atoms. The molecule has 0 aromatic heterocycles. The topological polar surface area (TPSA) is 64.8 Å². The molecule has 0 fully saturated rings. The number of rotatable bonds is 2. The second-order valence-corrected chi connectivity index (χ2v) is 7.70. The average Bonchev–Trinajstić information content (AvgIpc) is 2.79. The Kier molecular flexibility index (Phi) is 3.69. The quantitative estimate of drug-likeness (QED) is 0.548. The van der Waals surface area contributed by atoms with Crippen LogP contribution in [0.15, 0.2) is 36.4 Å². The number of methoxy groups -OCH3 is 1. The maximum Gasteiger partial charge on any atom is 0.280 e. The Balaban J connectivity index is 1.93. The number of ether oxygens (including phenoxy) is 2. The number of halogens is 1. The molecule has 1 atom stereocenters. The summed E-state index contributed by atoms with van der Waals surface area (Å²) in [7, 11) is 3.47. The molecule has 7 heteroatoms. The van der Waals surface area contributed by atoms with Crippen molar-refractivity contribution >= 4 is 29.1 Å². The monoisotopic (exact) mass is 386 g/mol. The summed E-state index contributed by atoms with van der Waals surface area (Å²) >= 11 is 6.24. The molecule has 4 rings (SSSR count).